The third-order valence-electron chi connectivity index (χ3n) is 4.70. The summed E-state index contributed by atoms with van der Waals surface area (Å²) < 4.78 is 11.5. The highest BCUT2D eigenvalue weighted by molar-refractivity contribution is 6.55. The number of aromatic nitrogens is 1. The molecule has 0 aliphatic rings. The highest BCUT2D eigenvalue weighted by Gasteiger charge is 2.32. The van der Waals surface area contributed by atoms with E-state index in [1.165, 1.54) is 0 Å². The van der Waals surface area contributed by atoms with E-state index in [1.54, 1.807) is 48.5 Å². The van der Waals surface area contributed by atoms with E-state index in [-0.39, 0.29) is 16.3 Å². The molecule has 0 aliphatic heterocycles. The number of carbonyl (C=O) groups excluding carboxylic acids is 1. The average Bonchev–Trinajstić information content (AvgIpc) is 2.72. The van der Waals surface area contributed by atoms with Crippen LogP contribution in [-0.4, -0.2) is 11.0 Å². The average molecular weight is 481 g/mol. The zero-order valence-electron chi connectivity index (χ0n) is 17.5. The molecule has 2 aromatic rings. The summed E-state index contributed by atoms with van der Waals surface area (Å²) in [6, 6.07) is 12.0. The Bertz CT molecular complexity index is 947. The second-order valence-electron chi connectivity index (χ2n) is 7.24. The van der Waals surface area contributed by atoms with Crippen molar-refractivity contribution in [3.63, 3.8) is 0 Å². The first-order valence-corrected chi connectivity index (χ1v) is 11.0. The molecule has 0 saturated heterocycles. The summed E-state index contributed by atoms with van der Waals surface area (Å²) in [5.74, 6) is 2.31. The standard InChI is InChI=1S/C24H24Cl3NO3/c1-5-16(14-21(26)27)23(15(3)4)24(29)31-20(6-2)19-8-7-9-22(28-19)30-18-12-10-17(25)11-13-18/h2,7-16,20,23H,5H2,1,3-4H3. The number of rotatable bonds is 9. The van der Waals surface area contributed by atoms with Crippen LogP contribution in [0.5, 0.6) is 11.6 Å². The van der Waals surface area contributed by atoms with Gasteiger partial charge in [-0.3, -0.25) is 4.79 Å². The van der Waals surface area contributed by atoms with Crippen molar-refractivity contribution < 1.29 is 14.3 Å². The van der Waals surface area contributed by atoms with Crippen LogP contribution in [0.25, 0.3) is 0 Å². The number of benzene rings is 1. The lowest BCUT2D eigenvalue weighted by atomic mass is 9.82. The maximum atomic E-state index is 13.0. The molecule has 1 aromatic carbocycles. The Morgan fingerprint density at radius 3 is 2.42 bits per heavy atom. The maximum Gasteiger partial charge on any atom is 0.311 e. The van der Waals surface area contributed by atoms with Gasteiger partial charge in [-0.2, -0.15) is 0 Å². The van der Waals surface area contributed by atoms with Gasteiger partial charge in [0.2, 0.25) is 12.0 Å². The molecule has 1 aromatic heterocycles. The van der Waals surface area contributed by atoms with E-state index < -0.39 is 18.0 Å². The molecule has 31 heavy (non-hydrogen) atoms. The quantitative estimate of drug-likeness (QED) is 0.278. The van der Waals surface area contributed by atoms with Crippen molar-refractivity contribution >= 4 is 40.8 Å². The number of allylic oxidation sites excluding steroid dienone is 1. The normalized spacial score (nSPS) is 13.6. The predicted molar refractivity (Wildman–Crippen MR) is 125 cm³/mol. The number of pyridine rings is 1. The van der Waals surface area contributed by atoms with E-state index in [9.17, 15) is 4.79 Å². The van der Waals surface area contributed by atoms with Crippen molar-refractivity contribution in [2.45, 2.75) is 33.3 Å². The molecule has 0 spiro atoms. The van der Waals surface area contributed by atoms with Crippen LogP contribution in [0.1, 0.15) is 39.0 Å². The van der Waals surface area contributed by atoms with Crippen LogP contribution in [0, 0.1) is 30.1 Å². The number of hydrogen-bond acceptors (Lipinski definition) is 4. The van der Waals surface area contributed by atoms with Crippen molar-refractivity contribution in [2.24, 2.45) is 17.8 Å². The fraction of sp³-hybridized carbons (Fsp3) is 0.333. The van der Waals surface area contributed by atoms with E-state index in [1.807, 2.05) is 20.8 Å². The lowest BCUT2D eigenvalue weighted by Crippen LogP contribution is -2.30. The van der Waals surface area contributed by atoms with Gasteiger partial charge in [-0.25, -0.2) is 4.98 Å². The molecule has 0 saturated carbocycles. The molecule has 0 bridgehead atoms. The first-order chi connectivity index (χ1) is 14.7. The van der Waals surface area contributed by atoms with Gasteiger partial charge in [0.15, 0.2) is 0 Å². The minimum atomic E-state index is -0.963. The van der Waals surface area contributed by atoms with Crippen molar-refractivity contribution in [3.8, 4) is 24.0 Å². The second kappa shape index (κ2) is 12.0. The summed E-state index contributed by atoms with van der Waals surface area (Å²) in [6.07, 6.45) is 7.03. The number of nitrogens with zero attached hydrogens (tertiary/aromatic N) is 1. The van der Waals surface area contributed by atoms with E-state index >= 15 is 0 Å². The molecule has 2 rings (SSSR count). The summed E-state index contributed by atoms with van der Waals surface area (Å²) in [6.45, 7) is 5.83. The van der Waals surface area contributed by atoms with Crippen LogP contribution in [-0.2, 0) is 9.53 Å². The Labute approximate surface area is 198 Å². The third-order valence-corrected chi connectivity index (χ3v) is 5.20. The fourth-order valence-corrected chi connectivity index (χ4v) is 3.66. The predicted octanol–water partition coefficient (Wildman–Crippen LogP) is 7.36. The summed E-state index contributed by atoms with van der Waals surface area (Å²) in [5, 5.41) is 0.601. The minimum Gasteiger partial charge on any atom is -0.442 e. The van der Waals surface area contributed by atoms with Gasteiger partial charge >= 0.3 is 5.97 Å². The zero-order valence-corrected chi connectivity index (χ0v) is 19.8. The second-order valence-corrected chi connectivity index (χ2v) is 8.68. The number of carbonyl (C=O) groups is 1. The number of terminal acetylenes is 1. The lowest BCUT2D eigenvalue weighted by Gasteiger charge is -2.27. The Hall–Kier alpha value is -2.19. The topological polar surface area (TPSA) is 48.4 Å². The van der Waals surface area contributed by atoms with E-state index in [2.05, 4.69) is 10.9 Å². The van der Waals surface area contributed by atoms with E-state index in [0.29, 0.717) is 28.8 Å². The summed E-state index contributed by atoms with van der Waals surface area (Å²) in [5.41, 5.74) is 0.392. The Balaban J connectivity index is 2.21. The molecular formula is C24H24Cl3NO3. The summed E-state index contributed by atoms with van der Waals surface area (Å²) >= 11 is 17.6. The maximum absolute atomic E-state index is 13.0. The van der Waals surface area contributed by atoms with Crippen molar-refractivity contribution in [2.75, 3.05) is 0 Å². The fourth-order valence-electron chi connectivity index (χ4n) is 3.21. The monoisotopic (exact) mass is 479 g/mol. The smallest absolute Gasteiger partial charge is 0.311 e. The highest BCUT2D eigenvalue weighted by Crippen LogP contribution is 2.31. The first-order valence-electron chi connectivity index (χ1n) is 9.85. The van der Waals surface area contributed by atoms with Gasteiger partial charge in [0, 0.05) is 11.1 Å². The van der Waals surface area contributed by atoms with Crippen LogP contribution in [0.15, 0.2) is 53.0 Å². The van der Waals surface area contributed by atoms with Gasteiger partial charge in [0.25, 0.3) is 0 Å². The van der Waals surface area contributed by atoms with E-state index in [0.717, 1.165) is 0 Å². The molecule has 4 nitrogen and oxygen atoms in total. The molecule has 0 amide bonds. The molecule has 3 atom stereocenters. The molecule has 0 radical (unpaired) electrons. The third kappa shape index (κ3) is 7.47. The Morgan fingerprint density at radius 1 is 1.19 bits per heavy atom. The van der Waals surface area contributed by atoms with Gasteiger partial charge in [-0.15, -0.1) is 6.42 Å². The highest BCUT2D eigenvalue weighted by atomic mass is 35.5. The van der Waals surface area contributed by atoms with Gasteiger partial charge < -0.3 is 9.47 Å². The van der Waals surface area contributed by atoms with Crippen LogP contribution in [0.2, 0.25) is 5.02 Å². The SMILES string of the molecule is C#CC(OC(=O)C(C(C)C)C(C=C(Cl)Cl)CC)c1cccc(Oc2ccc(Cl)cc2)n1. The summed E-state index contributed by atoms with van der Waals surface area (Å²) in [4.78, 5) is 17.4. The van der Waals surface area contributed by atoms with Gasteiger partial charge in [0.1, 0.15) is 10.2 Å². The van der Waals surface area contributed by atoms with Crippen molar-refractivity contribution in [3.05, 3.63) is 63.7 Å². The number of halogens is 3. The van der Waals surface area contributed by atoms with Crippen LogP contribution < -0.4 is 4.74 Å². The number of hydrogen-bond donors (Lipinski definition) is 0. The van der Waals surface area contributed by atoms with Crippen molar-refractivity contribution in [1.82, 2.24) is 4.98 Å². The van der Waals surface area contributed by atoms with Crippen LogP contribution in [0.4, 0.5) is 0 Å². The number of esters is 1. The van der Waals surface area contributed by atoms with Gasteiger partial charge in [-0.05, 0) is 48.6 Å². The molecule has 1 heterocycles. The van der Waals surface area contributed by atoms with Crippen molar-refractivity contribution in [1.29, 1.82) is 0 Å². The minimum absolute atomic E-state index is 0.00709. The largest absolute Gasteiger partial charge is 0.442 e. The molecule has 164 valence electrons. The molecule has 3 unspecified atom stereocenters. The number of ether oxygens (including phenoxy) is 2. The van der Waals surface area contributed by atoms with Crippen LogP contribution in [0.3, 0.4) is 0 Å². The zero-order chi connectivity index (χ0) is 23.0. The van der Waals surface area contributed by atoms with Gasteiger partial charge in [0.05, 0.1) is 11.6 Å². The Kier molecular flexibility index (Phi) is 9.71. The molecule has 0 N–H and O–H groups in total. The lowest BCUT2D eigenvalue weighted by molar-refractivity contribution is -0.155. The molecule has 0 aliphatic carbocycles. The first kappa shape index (κ1) is 25.1. The van der Waals surface area contributed by atoms with Gasteiger partial charge in [-0.1, -0.05) is 73.6 Å². The molecule has 0 fully saturated rings. The molecular weight excluding hydrogens is 457 g/mol. The van der Waals surface area contributed by atoms with Crippen LogP contribution >= 0.6 is 34.8 Å². The van der Waals surface area contributed by atoms with E-state index in [4.69, 9.17) is 50.7 Å². The Morgan fingerprint density at radius 2 is 1.87 bits per heavy atom. The summed E-state index contributed by atoms with van der Waals surface area (Å²) in [7, 11) is 0. The molecule has 7 heteroatoms.